The Balaban J connectivity index is 0.000000647. The smallest absolute Gasteiger partial charge is 0.204 e. The third-order valence-corrected chi connectivity index (χ3v) is 3.48. The Labute approximate surface area is 139 Å². The number of ketones is 1. The summed E-state index contributed by atoms with van der Waals surface area (Å²) in [5.74, 6) is 0.816. The number of ether oxygens (including phenoxy) is 1. The normalized spacial score (nSPS) is 9.96. The Hall–Kier alpha value is -3.15. The average Bonchev–Trinajstić information content (AvgIpc) is 3.01. The summed E-state index contributed by atoms with van der Waals surface area (Å²) in [6.45, 7) is 3.49. The number of methoxy groups -OCH3 is 1. The van der Waals surface area contributed by atoms with E-state index in [-0.39, 0.29) is 12.2 Å². The molecule has 6 nitrogen and oxygen atoms in total. The molecular weight excluding hydrogens is 308 g/mol. The summed E-state index contributed by atoms with van der Waals surface area (Å²) < 4.78 is 11.0. The lowest BCUT2D eigenvalue weighted by molar-refractivity contribution is -0.106. The van der Waals surface area contributed by atoms with Crippen LogP contribution in [0.1, 0.15) is 23.0 Å². The fourth-order valence-corrected chi connectivity index (χ4v) is 2.41. The molecule has 2 aromatic heterocycles. The molecule has 124 valence electrons. The zero-order valence-electron chi connectivity index (χ0n) is 13.7. The van der Waals surface area contributed by atoms with Gasteiger partial charge in [-0.2, -0.15) is 0 Å². The van der Waals surface area contributed by atoms with E-state index in [0.29, 0.717) is 17.1 Å². The van der Waals surface area contributed by atoms with Crippen LogP contribution in [0.2, 0.25) is 0 Å². The molecule has 0 saturated carbocycles. The van der Waals surface area contributed by atoms with Gasteiger partial charge >= 0.3 is 0 Å². The van der Waals surface area contributed by atoms with Gasteiger partial charge in [-0.1, -0.05) is 6.07 Å². The summed E-state index contributed by atoms with van der Waals surface area (Å²) in [5.41, 5.74) is 7.61. The molecule has 0 spiro atoms. The number of Topliss-reactive ketones (excluding diaryl/α,β-unsaturated/α-hetero) is 1. The van der Waals surface area contributed by atoms with Crippen molar-refractivity contribution in [1.82, 2.24) is 4.98 Å². The van der Waals surface area contributed by atoms with Crippen LogP contribution in [0.25, 0.3) is 22.2 Å². The lowest BCUT2D eigenvalue weighted by atomic mass is 10.0. The lowest BCUT2D eigenvalue weighted by Gasteiger charge is -2.07. The van der Waals surface area contributed by atoms with E-state index < -0.39 is 0 Å². The highest BCUT2D eigenvalue weighted by atomic mass is 16.5. The van der Waals surface area contributed by atoms with E-state index in [1.165, 1.54) is 6.92 Å². The first-order valence-electron chi connectivity index (χ1n) is 7.22. The Morgan fingerprint density at radius 2 is 2.04 bits per heavy atom. The van der Waals surface area contributed by atoms with Crippen LogP contribution in [0, 0.1) is 6.92 Å². The number of benzene rings is 1. The minimum atomic E-state index is -0.114. The number of fused-ring (bicyclic) bond motifs is 1. The predicted molar refractivity (Wildman–Crippen MR) is 91.0 cm³/mol. The number of primary amides is 1. The fourth-order valence-electron chi connectivity index (χ4n) is 2.41. The van der Waals surface area contributed by atoms with Crippen LogP contribution in [-0.4, -0.2) is 24.3 Å². The second-order valence-electron chi connectivity index (χ2n) is 5.03. The number of carbonyl (C=O) groups is 2. The van der Waals surface area contributed by atoms with Crippen LogP contribution in [0.4, 0.5) is 0 Å². The second-order valence-corrected chi connectivity index (χ2v) is 5.03. The van der Waals surface area contributed by atoms with E-state index in [9.17, 15) is 4.79 Å². The van der Waals surface area contributed by atoms with Crippen LogP contribution in [0.5, 0.6) is 5.75 Å². The number of aryl methyl sites for hydroxylation is 1. The van der Waals surface area contributed by atoms with Gasteiger partial charge in [0, 0.05) is 24.1 Å². The van der Waals surface area contributed by atoms with Crippen molar-refractivity contribution in [2.24, 2.45) is 5.73 Å². The highest BCUT2D eigenvalue weighted by Crippen LogP contribution is 2.36. The molecule has 0 fully saturated rings. The van der Waals surface area contributed by atoms with Gasteiger partial charge in [0.2, 0.25) is 6.41 Å². The van der Waals surface area contributed by atoms with Gasteiger partial charge in [0.05, 0.1) is 12.8 Å². The summed E-state index contributed by atoms with van der Waals surface area (Å²) in [7, 11) is 1.58. The summed E-state index contributed by atoms with van der Waals surface area (Å²) in [4.78, 5) is 24.6. The maximum Gasteiger partial charge on any atom is 0.204 e. The maximum atomic E-state index is 11.6. The largest absolute Gasteiger partial charge is 0.493 e. The lowest BCUT2D eigenvalue weighted by Crippen LogP contribution is -1.89. The van der Waals surface area contributed by atoms with E-state index >= 15 is 0 Å². The van der Waals surface area contributed by atoms with E-state index in [4.69, 9.17) is 13.9 Å². The quantitative estimate of drug-likeness (QED) is 0.589. The summed E-state index contributed by atoms with van der Waals surface area (Å²) in [6, 6.07) is 9.43. The van der Waals surface area contributed by atoms with Crippen LogP contribution in [0.15, 0.2) is 40.9 Å². The van der Waals surface area contributed by atoms with Gasteiger partial charge in [0.25, 0.3) is 0 Å². The molecule has 0 aliphatic rings. The molecule has 0 saturated heterocycles. The molecule has 0 unspecified atom stereocenters. The molecule has 1 amide bonds. The standard InChI is InChI=1S/C17H15NO3.CH3NO/c1-10-5-4-8-18-16(10)12-6-7-14(20-3)17-13(12)9-15(21-17)11(2)19;2-1-3/h4-9H,1-3H3;1H,(H2,2,3). The molecule has 3 aromatic rings. The van der Waals surface area contributed by atoms with Crippen molar-refractivity contribution < 1.29 is 18.7 Å². The number of furan rings is 1. The number of rotatable bonds is 3. The Morgan fingerprint density at radius 3 is 2.62 bits per heavy atom. The van der Waals surface area contributed by atoms with Crippen molar-refractivity contribution >= 4 is 23.2 Å². The van der Waals surface area contributed by atoms with E-state index in [1.54, 1.807) is 19.4 Å². The number of carbonyl (C=O) groups excluding carboxylic acids is 2. The molecule has 6 heteroatoms. The first kappa shape index (κ1) is 17.2. The SMILES string of the molecule is COc1ccc(-c2ncccc2C)c2cc(C(C)=O)oc12.NC=O. The van der Waals surface area contributed by atoms with Crippen molar-refractivity contribution in [3.8, 4) is 17.0 Å². The summed E-state index contributed by atoms with van der Waals surface area (Å²) >= 11 is 0. The third kappa shape index (κ3) is 3.27. The molecule has 0 atom stereocenters. The molecule has 24 heavy (non-hydrogen) atoms. The molecule has 0 bridgehead atoms. The average molecular weight is 326 g/mol. The first-order valence-corrected chi connectivity index (χ1v) is 7.22. The molecule has 2 N–H and O–H groups in total. The van der Waals surface area contributed by atoms with Crippen LogP contribution in [-0.2, 0) is 4.79 Å². The first-order chi connectivity index (χ1) is 11.5. The van der Waals surface area contributed by atoms with Gasteiger partial charge in [0.15, 0.2) is 22.9 Å². The predicted octanol–water partition coefficient (Wildman–Crippen LogP) is 3.12. The van der Waals surface area contributed by atoms with Gasteiger partial charge in [0.1, 0.15) is 0 Å². The van der Waals surface area contributed by atoms with Crippen molar-refractivity contribution in [2.45, 2.75) is 13.8 Å². The van der Waals surface area contributed by atoms with Crippen molar-refractivity contribution in [2.75, 3.05) is 7.11 Å². The van der Waals surface area contributed by atoms with Crippen LogP contribution in [0.3, 0.4) is 0 Å². The van der Waals surface area contributed by atoms with E-state index in [2.05, 4.69) is 10.7 Å². The highest BCUT2D eigenvalue weighted by Gasteiger charge is 2.17. The highest BCUT2D eigenvalue weighted by molar-refractivity contribution is 6.02. The minimum Gasteiger partial charge on any atom is -0.493 e. The van der Waals surface area contributed by atoms with Crippen molar-refractivity contribution in [3.63, 3.8) is 0 Å². The van der Waals surface area contributed by atoms with E-state index in [1.807, 2.05) is 31.2 Å². The van der Waals surface area contributed by atoms with Gasteiger partial charge in [-0.3, -0.25) is 14.6 Å². The van der Waals surface area contributed by atoms with Crippen LogP contribution < -0.4 is 10.5 Å². The van der Waals surface area contributed by atoms with Crippen molar-refractivity contribution in [1.29, 1.82) is 0 Å². The molecule has 2 heterocycles. The minimum absolute atomic E-state index is 0.114. The number of pyridine rings is 1. The second kappa shape index (κ2) is 7.41. The molecule has 1 aromatic carbocycles. The van der Waals surface area contributed by atoms with Gasteiger partial charge < -0.3 is 14.9 Å². The molecule has 3 rings (SSSR count). The molecular formula is C18H18N2O4. The monoisotopic (exact) mass is 326 g/mol. The van der Waals surface area contributed by atoms with Gasteiger partial charge in [-0.05, 0) is 36.8 Å². The summed E-state index contributed by atoms with van der Waals surface area (Å²) in [6.07, 6.45) is 2.00. The molecule has 0 aliphatic carbocycles. The zero-order chi connectivity index (χ0) is 17.7. The fraction of sp³-hybridized carbons (Fsp3) is 0.167. The Morgan fingerprint density at radius 1 is 1.33 bits per heavy atom. The molecule has 0 aliphatic heterocycles. The third-order valence-electron chi connectivity index (χ3n) is 3.48. The number of nitrogens with zero attached hydrogens (tertiary/aromatic N) is 1. The number of nitrogens with two attached hydrogens (primary N) is 1. The maximum absolute atomic E-state index is 11.6. The Bertz CT molecular complexity index is 884. The molecule has 0 radical (unpaired) electrons. The van der Waals surface area contributed by atoms with Crippen molar-refractivity contribution in [3.05, 3.63) is 47.9 Å². The van der Waals surface area contributed by atoms with E-state index in [0.717, 1.165) is 22.2 Å². The van der Waals surface area contributed by atoms with Crippen LogP contribution >= 0.6 is 0 Å². The number of aromatic nitrogens is 1. The van der Waals surface area contributed by atoms with Gasteiger partial charge in [-0.15, -0.1) is 0 Å². The zero-order valence-corrected chi connectivity index (χ0v) is 13.7. The van der Waals surface area contributed by atoms with Gasteiger partial charge in [-0.25, -0.2) is 0 Å². The number of amides is 1. The summed E-state index contributed by atoms with van der Waals surface area (Å²) in [5, 5.41) is 0.835. The topological polar surface area (TPSA) is 95.4 Å². The Kier molecular flexibility index (Phi) is 5.31. The number of hydrogen-bond acceptors (Lipinski definition) is 5. The number of hydrogen-bond donors (Lipinski definition) is 1.